The molecular weight excluding hydrogens is 476 g/mol. The summed E-state index contributed by atoms with van der Waals surface area (Å²) in [6, 6.07) is 7.67. The fourth-order valence-electron chi connectivity index (χ4n) is 2.98. The third kappa shape index (κ3) is 5.48. The Labute approximate surface area is 195 Å². The van der Waals surface area contributed by atoms with Gasteiger partial charge in [-0.25, -0.2) is 8.42 Å². The Hall–Kier alpha value is -2.43. The van der Waals surface area contributed by atoms with E-state index in [4.69, 9.17) is 21.1 Å². The Morgan fingerprint density at radius 2 is 2.00 bits per heavy atom. The standard InChI is InChI=1S/C21H23ClN2O6S2/c1-12-11-31-18-5-4-14(10-16(18)23-21(12)26)32(27,28)7-6-19(25)24-20-15(22)8-13(29-2)9-17(20)30-3/h4-5,8-10,12H,6-7,11H2,1-3H3,(H,23,26)(H,24,25). The first-order valence-electron chi connectivity index (χ1n) is 9.66. The first kappa shape index (κ1) is 24.2. The molecule has 172 valence electrons. The van der Waals surface area contributed by atoms with E-state index >= 15 is 0 Å². The quantitative estimate of drug-likeness (QED) is 0.596. The molecule has 0 spiro atoms. The van der Waals surface area contributed by atoms with Crippen molar-refractivity contribution >= 4 is 56.4 Å². The van der Waals surface area contributed by atoms with Gasteiger partial charge >= 0.3 is 0 Å². The van der Waals surface area contributed by atoms with Crippen LogP contribution in [0.15, 0.2) is 40.1 Å². The van der Waals surface area contributed by atoms with Gasteiger partial charge in [0.15, 0.2) is 9.84 Å². The highest BCUT2D eigenvalue weighted by Gasteiger charge is 2.24. The number of rotatable bonds is 7. The molecule has 1 aliphatic heterocycles. The predicted octanol–water partition coefficient (Wildman–Crippen LogP) is 3.84. The van der Waals surface area contributed by atoms with Crippen LogP contribution < -0.4 is 20.1 Å². The number of halogens is 1. The van der Waals surface area contributed by atoms with Crippen LogP contribution in [-0.2, 0) is 19.4 Å². The fourth-order valence-corrected chi connectivity index (χ4v) is 5.50. The number of carbonyl (C=O) groups is 2. The molecule has 0 radical (unpaired) electrons. The summed E-state index contributed by atoms with van der Waals surface area (Å²) in [5, 5.41) is 5.57. The number of carbonyl (C=O) groups excluding carboxylic acids is 2. The average Bonchev–Trinajstić information content (AvgIpc) is 2.91. The van der Waals surface area contributed by atoms with Crippen molar-refractivity contribution in [3.63, 3.8) is 0 Å². The van der Waals surface area contributed by atoms with Gasteiger partial charge in [-0.15, -0.1) is 11.8 Å². The first-order chi connectivity index (χ1) is 15.1. The molecule has 0 fully saturated rings. The number of sulfone groups is 1. The molecule has 0 saturated heterocycles. The van der Waals surface area contributed by atoms with Crippen LogP contribution in [0, 0.1) is 5.92 Å². The number of methoxy groups -OCH3 is 2. The van der Waals surface area contributed by atoms with Crippen molar-refractivity contribution < 1.29 is 27.5 Å². The smallest absolute Gasteiger partial charge is 0.228 e. The number of fused-ring (bicyclic) bond motifs is 1. The van der Waals surface area contributed by atoms with E-state index in [1.165, 1.54) is 44.2 Å². The highest BCUT2D eigenvalue weighted by molar-refractivity contribution is 7.99. The molecule has 0 saturated carbocycles. The number of amides is 2. The number of thioether (sulfide) groups is 1. The van der Waals surface area contributed by atoms with Crippen LogP contribution in [0.4, 0.5) is 11.4 Å². The van der Waals surface area contributed by atoms with E-state index in [9.17, 15) is 18.0 Å². The van der Waals surface area contributed by atoms with E-state index in [1.54, 1.807) is 12.1 Å². The van der Waals surface area contributed by atoms with Crippen LogP contribution in [0.3, 0.4) is 0 Å². The van der Waals surface area contributed by atoms with Crippen molar-refractivity contribution in [3.05, 3.63) is 35.4 Å². The largest absolute Gasteiger partial charge is 0.497 e. The minimum Gasteiger partial charge on any atom is -0.497 e. The second kappa shape index (κ2) is 10.0. The SMILES string of the molecule is COc1cc(Cl)c(NC(=O)CCS(=O)(=O)c2ccc3c(c2)NC(=O)C(C)CS3)c(OC)c1. The van der Waals surface area contributed by atoms with Gasteiger partial charge in [-0.2, -0.15) is 0 Å². The van der Waals surface area contributed by atoms with Gasteiger partial charge in [0, 0.05) is 35.1 Å². The summed E-state index contributed by atoms with van der Waals surface area (Å²) in [4.78, 5) is 25.4. The second-order valence-electron chi connectivity index (χ2n) is 7.16. The van der Waals surface area contributed by atoms with E-state index < -0.39 is 21.5 Å². The zero-order valence-electron chi connectivity index (χ0n) is 17.7. The molecule has 2 amide bonds. The Morgan fingerprint density at radius 3 is 2.69 bits per heavy atom. The topological polar surface area (TPSA) is 111 Å². The van der Waals surface area contributed by atoms with E-state index in [1.807, 2.05) is 6.92 Å². The molecule has 1 aliphatic rings. The molecular formula is C21H23ClN2O6S2. The molecule has 32 heavy (non-hydrogen) atoms. The zero-order chi connectivity index (χ0) is 23.5. The maximum atomic E-state index is 12.8. The molecule has 0 aromatic heterocycles. The third-order valence-electron chi connectivity index (χ3n) is 4.85. The van der Waals surface area contributed by atoms with Gasteiger partial charge in [-0.1, -0.05) is 18.5 Å². The fraction of sp³-hybridized carbons (Fsp3) is 0.333. The highest BCUT2D eigenvalue weighted by Crippen LogP contribution is 2.37. The summed E-state index contributed by atoms with van der Waals surface area (Å²) in [5.74, 6) is 0.0714. The molecule has 0 bridgehead atoms. The molecule has 1 unspecified atom stereocenters. The lowest BCUT2D eigenvalue weighted by Gasteiger charge is -2.14. The van der Waals surface area contributed by atoms with Crippen molar-refractivity contribution in [2.24, 2.45) is 5.92 Å². The molecule has 11 heteroatoms. The maximum absolute atomic E-state index is 12.8. The van der Waals surface area contributed by atoms with E-state index in [0.29, 0.717) is 22.9 Å². The predicted molar refractivity (Wildman–Crippen MR) is 125 cm³/mol. The van der Waals surface area contributed by atoms with Crippen LogP contribution in [0.25, 0.3) is 0 Å². The van der Waals surface area contributed by atoms with Crippen LogP contribution in [-0.4, -0.2) is 46.0 Å². The van der Waals surface area contributed by atoms with Crippen molar-refractivity contribution in [2.75, 3.05) is 36.4 Å². The Bertz CT molecular complexity index is 1150. The van der Waals surface area contributed by atoms with Crippen molar-refractivity contribution in [3.8, 4) is 11.5 Å². The molecule has 3 rings (SSSR count). The number of ether oxygens (including phenoxy) is 2. The van der Waals surface area contributed by atoms with Gasteiger partial charge in [-0.05, 0) is 18.2 Å². The Morgan fingerprint density at radius 1 is 1.25 bits per heavy atom. The first-order valence-corrected chi connectivity index (χ1v) is 12.7. The van der Waals surface area contributed by atoms with Crippen molar-refractivity contribution in [2.45, 2.75) is 23.1 Å². The minimum atomic E-state index is -3.77. The minimum absolute atomic E-state index is 0.0413. The lowest BCUT2D eigenvalue weighted by molar-refractivity contribution is -0.118. The van der Waals surface area contributed by atoms with Gasteiger partial charge < -0.3 is 20.1 Å². The number of nitrogens with one attached hydrogen (secondary N) is 2. The normalized spacial score (nSPS) is 15.9. The molecule has 1 atom stereocenters. The van der Waals surface area contributed by atoms with Crippen LogP contribution >= 0.6 is 23.4 Å². The number of anilines is 2. The van der Waals surface area contributed by atoms with E-state index in [0.717, 1.165) is 4.90 Å². The molecule has 0 aliphatic carbocycles. The Kier molecular flexibility index (Phi) is 7.58. The van der Waals surface area contributed by atoms with Gasteiger partial charge in [0.2, 0.25) is 11.8 Å². The van der Waals surface area contributed by atoms with E-state index in [2.05, 4.69) is 10.6 Å². The van der Waals surface area contributed by atoms with E-state index in [-0.39, 0.29) is 33.9 Å². The van der Waals surface area contributed by atoms with Crippen LogP contribution in [0.2, 0.25) is 5.02 Å². The molecule has 8 nitrogen and oxygen atoms in total. The zero-order valence-corrected chi connectivity index (χ0v) is 20.1. The lowest BCUT2D eigenvalue weighted by atomic mass is 10.2. The van der Waals surface area contributed by atoms with Gasteiger partial charge in [-0.3, -0.25) is 9.59 Å². The van der Waals surface area contributed by atoms with Crippen LogP contribution in [0.1, 0.15) is 13.3 Å². The number of benzene rings is 2. The summed E-state index contributed by atoms with van der Waals surface area (Å²) in [5.41, 5.74) is 0.695. The highest BCUT2D eigenvalue weighted by atomic mass is 35.5. The number of hydrogen-bond acceptors (Lipinski definition) is 7. The van der Waals surface area contributed by atoms with Crippen LogP contribution in [0.5, 0.6) is 11.5 Å². The molecule has 1 heterocycles. The lowest BCUT2D eigenvalue weighted by Crippen LogP contribution is -2.20. The summed E-state index contributed by atoms with van der Waals surface area (Å²) in [6.45, 7) is 1.81. The van der Waals surface area contributed by atoms with Crippen molar-refractivity contribution in [1.82, 2.24) is 0 Å². The maximum Gasteiger partial charge on any atom is 0.228 e. The average molecular weight is 499 g/mol. The Balaban J connectivity index is 1.72. The molecule has 2 aromatic rings. The monoisotopic (exact) mass is 498 g/mol. The number of hydrogen-bond donors (Lipinski definition) is 2. The third-order valence-corrected chi connectivity index (χ3v) is 8.20. The molecule has 2 N–H and O–H groups in total. The molecule has 2 aromatic carbocycles. The van der Waals surface area contributed by atoms with Gasteiger partial charge in [0.1, 0.15) is 17.2 Å². The summed E-state index contributed by atoms with van der Waals surface area (Å²) >= 11 is 7.69. The van der Waals surface area contributed by atoms with Gasteiger partial charge in [0.05, 0.1) is 35.6 Å². The van der Waals surface area contributed by atoms with Crippen molar-refractivity contribution in [1.29, 1.82) is 0 Å². The van der Waals surface area contributed by atoms with Gasteiger partial charge in [0.25, 0.3) is 0 Å². The summed E-state index contributed by atoms with van der Waals surface area (Å²) in [6.07, 6.45) is -0.289. The second-order valence-corrected chi connectivity index (χ2v) is 10.7. The summed E-state index contributed by atoms with van der Waals surface area (Å²) in [7, 11) is -0.875. The summed E-state index contributed by atoms with van der Waals surface area (Å²) < 4.78 is 36.0.